The van der Waals surface area contributed by atoms with Gasteiger partial charge in [0.05, 0.1) is 0 Å². The highest BCUT2D eigenvalue weighted by atomic mass is 14.5. The van der Waals surface area contributed by atoms with Gasteiger partial charge in [-0.2, -0.15) is 0 Å². The molecule has 0 aromatic carbocycles. The molecule has 0 radical (unpaired) electrons. The number of hydrogen-bond donors (Lipinski definition) is 0. The van der Waals surface area contributed by atoms with Gasteiger partial charge in [-0.1, -0.05) is 80.9 Å². The minimum atomic E-state index is 0.332. The van der Waals surface area contributed by atoms with Gasteiger partial charge in [0.1, 0.15) is 0 Å². The summed E-state index contributed by atoms with van der Waals surface area (Å²) in [6.07, 6.45) is 19.2. The normalized spacial score (nSPS) is 32.4. The SMILES string of the molecule is CCC(C)(C)C1C=CC2=C3C1=CCC1=CC=C(C)C(C=C2)C13. The fourth-order valence-corrected chi connectivity index (χ4v) is 4.58. The second kappa shape index (κ2) is 4.72. The molecule has 0 nitrogen and oxygen atoms in total. The monoisotopic (exact) mass is 290 g/mol. The predicted molar refractivity (Wildman–Crippen MR) is 94.4 cm³/mol. The molecule has 0 saturated carbocycles. The zero-order valence-electron chi connectivity index (χ0n) is 14.2. The Labute approximate surface area is 134 Å². The third-order valence-electron chi connectivity index (χ3n) is 6.37. The maximum atomic E-state index is 2.52. The molecule has 4 aliphatic carbocycles. The van der Waals surface area contributed by atoms with E-state index in [2.05, 4.69) is 70.2 Å². The van der Waals surface area contributed by atoms with Crippen LogP contribution in [-0.2, 0) is 0 Å². The fourth-order valence-electron chi connectivity index (χ4n) is 4.58. The van der Waals surface area contributed by atoms with E-state index in [4.69, 9.17) is 0 Å². The number of hydrogen-bond acceptors (Lipinski definition) is 0. The zero-order valence-corrected chi connectivity index (χ0v) is 14.2. The summed E-state index contributed by atoms with van der Waals surface area (Å²) in [7, 11) is 0. The van der Waals surface area contributed by atoms with Gasteiger partial charge < -0.3 is 0 Å². The first-order valence-electron chi connectivity index (χ1n) is 8.71. The quantitative estimate of drug-likeness (QED) is 0.592. The first-order chi connectivity index (χ1) is 10.5. The topological polar surface area (TPSA) is 0 Å². The van der Waals surface area contributed by atoms with Gasteiger partial charge in [0.15, 0.2) is 0 Å². The minimum absolute atomic E-state index is 0.332. The fraction of sp³-hybridized carbons (Fsp3) is 0.455. The van der Waals surface area contributed by atoms with Gasteiger partial charge in [0, 0.05) is 17.8 Å². The van der Waals surface area contributed by atoms with Crippen molar-refractivity contribution in [2.45, 2.75) is 40.5 Å². The van der Waals surface area contributed by atoms with Gasteiger partial charge in [0.2, 0.25) is 0 Å². The lowest BCUT2D eigenvalue weighted by atomic mass is 9.58. The molecule has 0 aromatic heterocycles. The average Bonchev–Trinajstić information content (AvgIpc) is 2.54. The van der Waals surface area contributed by atoms with E-state index in [-0.39, 0.29) is 0 Å². The highest BCUT2D eigenvalue weighted by Gasteiger charge is 2.42. The predicted octanol–water partition coefficient (Wildman–Crippen LogP) is 5.92. The minimum Gasteiger partial charge on any atom is -0.0763 e. The van der Waals surface area contributed by atoms with E-state index >= 15 is 0 Å². The Morgan fingerprint density at radius 3 is 2.68 bits per heavy atom. The van der Waals surface area contributed by atoms with Crippen LogP contribution in [0.5, 0.6) is 0 Å². The summed E-state index contributed by atoms with van der Waals surface area (Å²) in [6, 6.07) is 0. The molecule has 0 spiro atoms. The average molecular weight is 290 g/mol. The third kappa shape index (κ3) is 1.82. The van der Waals surface area contributed by atoms with Crippen LogP contribution in [0.1, 0.15) is 40.5 Å². The molecule has 22 heavy (non-hydrogen) atoms. The van der Waals surface area contributed by atoms with Gasteiger partial charge in [-0.3, -0.25) is 0 Å². The van der Waals surface area contributed by atoms with Crippen LogP contribution >= 0.6 is 0 Å². The van der Waals surface area contributed by atoms with E-state index in [1.807, 2.05) is 0 Å². The van der Waals surface area contributed by atoms with Crippen LogP contribution in [0.3, 0.4) is 0 Å². The maximum absolute atomic E-state index is 2.52. The molecular formula is C22H26. The summed E-state index contributed by atoms with van der Waals surface area (Å²) in [6.45, 7) is 9.45. The molecule has 4 rings (SSSR count). The van der Waals surface area contributed by atoms with Crippen molar-refractivity contribution in [1.29, 1.82) is 0 Å². The zero-order chi connectivity index (χ0) is 15.5. The molecule has 0 N–H and O–H groups in total. The second-order valence-electron chi connectivity index (χ2n) is 7.93. The van der Waals surface area contributed by atoms with Crippen LogP contribution in [0.2, 0.25) is 0 Å². The molecule has 3 atom stereocenters. The molecule has 4 aliphatic rings. The van der Waals surface area contributed by atoms with E-state index in [9.17, 15) is 0 Å². The van der Waals surface area contributed by atoms with Crippen LogP contribution in [-0.4, -0.2) is 0 Å². The maximum Gasteiger partial charge on any atom is 0.0163 e. The van der Waals surface area contributed by atoms with Crippen molar-refractivity contribution in [2.75, 3.05) is 0 Å². The molecular weight excluding hydrogens is 264 g/mol. The summed E-state index contributed by atoms with van der Waals surface area (Å²) in [5.41, 5.74) is 8.16. The highest BCUT2D eigenvalue weighted by molar-refractivity contribution is 5.62. The van der Waals surface area contributed by atoms with E-state index in [1.165, 1.54) is 17.6 Å². The van der Waals surface area contributed by atoms with E-state index in [1.54, 1.807) is 16.7 Å². The Morgan fingerprint density at radius 2 is 1.91 bits per heavy atom. The number of allylic oxidation sites excluding steroid dienone is 12. The van der Waals surface area contributed by atoms with Gasteiger partial charge in [-0.05, 0) is 35.5 Å². The summed E-state index contributed by atoms with van der Waals surface area (Å²) < 4.78 is 0. The van der Waals surface area contributed by atoms with Gasteiger partial charge in [-0.15, -0.1) is 0 Å². The lowest BCUT2D eigenvalue weighted by molar-refractivity contribution is 0.276. The molecule has 0 saturated heterocycles. The smallest absolute Gasteiger partial charge is 0.0163 e. The van der Waals surface area contributed by atoms with Gasteiger partial charge >= 0.3 is 0 Å². The summed E-state index contributed by atoms with van der Waals surface area (Å²) >= 11 is 0. The highest BCUT2D eigenvalue weighted by Crippen LogP contribution is 2.54. The second-order valence-corrected chi connectivity index (χ2v) is 7.93. The summed E-state index contributed by atoms with van der Waals surface area (Å²) in [4.78, 5) is 0. The molecule has 0 heteroatoms. The van der Waals surface area contributed by atoms with Crippen LogP contribution in [0, 0.1) is 23.2 Å². The van der Waals surface area contributed by atoms with Crippen molar-refractivity contribution in [2.24, 2.45) is 23.2 Å². The Morgan fingerprint density at radius 1 is 1.14 bits per heavy atom. The molecule has 0 bridgehead atoms. The summed E-state index contributed by atoms with van der Waals surface area (Å²) in [5.74, 6) is 1.75. The van der Waals surface area contributed by atoms with E-state index < -0.39 is 0 Å². The number of rotatable bonds is 2. The van der Waals surface area contributed by atoms with Crippen molar-refractivity contribution in [1.82, 2.24) is 0 Å². The standard InChI is InChI=1S/C22H26/c1-5-22(3,4)19-13-10-16-8-11-17-14(2)6-7-15-9-12-18(19)21(16)20(15)17/h6-8,10-13,17,19-20H,5,9H2,1-4H3. The third-order valence-corrected chi connectivity index (χ3v) is 6.37. The van der Waals surface area contributed by atoms with Crippen LogP contribution < -0.4 is 0 Å². The van der Waals surface area contributed by atoms with Crippen LogP contribution in [0.4, 0.5) is 0 Å². The van der Waals surface area contributed by atoms with Crippen molar-refractivity contribution in [3.05, 3.63) is 70.4 Å². The van der Waals surface area contributed by atoms with Crippen molar-refractivity contribution in [3.63, 3.8) is 0 Å². The van der Waals surface area contributed by atoms with E-state index in [0.29, 0.717) is 23.2 Å². The molecule has 0 heterocycles. The molecule has 0 aliphatic heterocycles. The Hall–Kier alpha value is -1.56. The van der Waals surface area contributed by atoms with Crippen LogP contribution in [0.25, 0.3) is 0 Å². The first-order valence-corrected chi connectivity index (χ1v) is 8.71. The van der Waals surface area contributed by atoms with Crippen molar-refractivity contribution < 1.29 is 0 Å². The largest absolute Gasteiger partial charge is 0.0763 e. The Balaban J connectivity index is 1.87. The Kier molecular flexibility index (Phi) is 3.01. The van der Waals surface area contributed by atoms with E-state index in [0.717, 1.165) is 6.42 Å². The van der Waals surface area contributed by atoms with Crippen molar-refractivity contribution >= 4 is 0 Å². The molecule has 0 aromatic rings. The molecule has 0 amide bonds. The lowest BCUT2D eigenvalue weighted by Gasteiger charge is -2.46. The lowest BCUT2D eigenvalue weighted by Crippen LogP contribution is -2.34. The summed E-state index contributed by atoms with van der Waals surface area (Å²) in [5, 5.41) is 0. The van der Waals surface area contributed by atoms with Gasteiger partial charge in [0.25, 0.3) is 0 Å². The van der Waals surface area contributed by atoms with Crippen LogP contribution in [0.15, 0.2) is 70.4 Å². The Bertz CT molecular complexity index is 700. The van der Waals surface area contributed by atoms with Crippen molar-refractivity contribution in [3.8, 4) is 0 Å². The van der Waals surface area contributed by atoms with Gasteiger partial charge in [-0.25, -0.2) is 0 Å². The molecule has 3 unspecified atom stereocenters. The molecule has 0 fully saturated rings. The first kappa shape index (κ1) is 14.1. The molecule has 114 valence electrons.